The summed E-state index contributed by atoms with van der Waals surface area (Å²) in [5, 5.41) is 0. The van der Waals surface area contributed by atoms with E-state index in [2.05, 4.69) is 4.74 Å². The first-order valence-corrected chi connectivity index (χ1v) is 9.01. The Morgan fingerprint density at radius 2 is 1.79 bits per heavy atom. The zero-order valence-corrected chi connectivity index (χ0v) is 14.4. The maximum atomic E-state index is 12.0. The van der Waals surface area contributed by atoms with Crippen molar-refractivity contribution in [3.05, 3.63) is 29.8 Å². The van der Waals surface area contributed by atoms with E-state index in [9.17, 15) is 26.4 Å². The lowest BCUT2D eigenvalue weighted by Crippen LogP contribution is -2.30. The van der Waals surface area contributed by atoms with Gasteiger partial charge in [-0.1, -0.05) is 12.1 Å². The number of sulfone groups is 1. The summed E-state index contributed by atoms with van der Waals surface area (Å²) in [5.74, 6) is -0.364. The van der Waals surface area contributed by atoms with Crippen LogP contribution in [0.1, 0.15) is 24.9 Å². The molecular weight excluding hydrogens is 347 g/mol. The van der Waals surface area contributed by atoms with E-state index >= 15 is 0 Å². The van der Waals surface area contributed by atoms with Crippen LogP contribution in [0.15, 0.2) is 29.2 Å². The molecule has 0 aromatic heterocycles. The molecule has 0 radical (unpaired) electrons. The molecular formula is C15H20F3NO4S. The Morgan fingerprint density at radius 3 is 2.25 bits per heavy atom. The molecule has 1 amide bonds. The molecule has 0 N–H and O–H groups in total. The molecule has 1 rings (SSSR count). The van der Waals surface area contributed by atoms with Gasteiger partial charge in [-0.3, -0.25) is 4.79 Å². The van der Waals surface area contributed by atoms with Gasteiger partial charge in [0.1, 0.15) is 6.61 Å². The summed E-state index contributed by atoms with van der Waals surface area (Å²) >= 11 is 0. The van der Waals surface area contributed by atoms with Gasteiger partial charge in [0.2, 0.25) is 5.91 Å². The Kier molecular flexibility index (Phi) is 6.79. The normalized spacial score (nSPS) is 13.6. The minimum Gasteiger partial charge on any atom is -0.372 e. The van der Waals surface area contributed by atoms with Crippen LogP contribution in [-0.4, -0.2) is 51.9 Å². The third-order valence-corrected chi connectivity index (χ3v) is 4.62. The fourth-order valence-corrected chi connectivity index (χ4v) is 2.59. The van der Waals surface area contributed by atoms with Gasteiger partial charge in [0.25, 0.3) is 0 Å². The van der Waals surface area contributed by atoms with Crippen molar-refractivity contribution < 1.29 is 31.1 Å². The van der Waals surface area contributed by atoms with E-state index in [1.54, 1.807) is 19.1 Å². The molecule has 1 atom stereocenters. The van der Waals surface area contributed by atoms with Crippen molar-refractivity contribution in [2.75, 3.05) is 26.5 Å². The van der Waals surface area contributed by atoms with Crippen LogP contribution in [0.5, 0.6) is 0 Å². The van der Waals surface area contributed by atoms with Gasteiger partial charge in [-0.2, -0.15) is 13.2 Å². The van der Waals surface area contributed by atoms with E-state index < -0.39 is 22.6 Å². The number of nitrogens with zero attached hydrogens (tertiary/aromatic N) is 1. The summed E-state index contributed by atoms with van der Waals surface area (Å²) in [6.45, 7) is 0.0405. The number of hydrogen-bond donors (Lipinski definition) is 0. The molecule has 24 heavy (non-hydrogen) atoms. The molecule has 0 bridgehead atoms. The minimum atomic E-state index is -4.41. The topological polar surface area (TPSA) is 63.7 Å². The molecule has 9 heteroatoms. The zero-order valence-electron chi connectivity index (χ0n) is 13.6. The number of rotatable bonds is 7. The van der Waals surface area contributed by atoms with E-state index in [0.29, 0.717) is 0 Å². The van der Waals surface area contributed by atoms with Crippen molar-refractivity contribution in [1.82, 2.24) is 4.90 Å². The second-order valence-electron chi connectivity index (χ2n) is 5.44. The second kappa shape index (κ2) is 7.98. The van der Waals surface area contributed by atoms with Crippen molar-refractivity contribution in [3.63, 3.8) is 0 Å². The van der Waals surface area contributed by atoms with E-state index in [4.69, 9.17) is 0 Å². The largest absolute Gasteiger partial charge is 0.411 e. The van der Waals surface area contributed by atoms with Crippen LogP contribution in [0.4, 0.5) is 13.2 Å². The lowest BCUT2D eigenvalue weighted by atomic mass is 10.1. The van der Waals surface area contributed by atoms with Gasteiger partial charge in [-0.05, 0) is 24.6 Å². The Bertz CT molecular complexity index is 656. The van der Waals surface area contributed by atoms with Crippen molar-refractivity contribution in [2.45, 2.75) is 30.5 Å². The Hall–Kier alpha value is -1.61. The number of amides is 1. The van der Waals surface area contributed by atoms with E-state index in [1.807, 2.05) is 0 Å². The highest BCUT2D eigenvalue weighted by molar-refractivity contribution is 7.90. The number of benzene rings is 1. The van der Waals surface area contributed by atoms with Crippen LogP contribution in [-0.2, 0) is 19.4 Å². The molecule has 0 aliphatic heterocycles. The van der Waals surface area contributed by atoms with Crippen LogP contribution >= 0.6 is 0 Å². The highest BCUT2D eigenvalue weighted by Gasteiger charge is 2.27. The Balaban J connectivity index is 2.60. The lowest BCUT2D eigenvalue weighted by Gasteiger charge is -2.25. The van der Waals surface area contributed by atoms with Crippen LogP contribution in [0.25, 0.3) is 0 Å². The molecule has 1 aromatic rings. The van der Waals surface area contributed by atoms with Crippen molar-refractivity contribution in [3.8, 4) is 0 Å². The summed E-state index contributed by atoms with van der Waals surface area (Å²) < 4.78 is 63.1. The minimum absolute atomic E-state index is 0.168. The van der Waals surface area contributed by atoms with E-state index in [-0.39, 0.29) is 29.9 Å². The number of halogens is 3. The second-order valence-corrected chi connectivity index (χ2v) is 7.46. The van der Waals surface area contributed by atoms with Crippen LogP contribution in [0, 0.1) is 0 Å². The summed E-state index contributed by atoms with van der Waals surface area (Å²) in [7, 11) is -1.77. The number of ether oxygens (including phenoxy) is 1. The van der Waals surface area contributed by atoms with Crippen LogP contribution in [0.3, 0.4) is 0 Å². The SMILES string of the molecule is CC(c1ccc(S(C)(=O)=O)cc1)N(C)C(=O)CCOCC(F)(F)F. The molecule has 1 unspecified atom stereocenters. The molecule has 0 aliphatic carbocycles. The van der Waals surface area contributed by atoms with Crippen LogP contribution in [0.2, 0.25) is 0 Å². The highest BCUT2D eigenvalue weighted by Crippen LogP contribution is 2.21. The zero-order chi connectivity index (χ0) is 18.5. The number of hydrogen-bond acceptors (Lipinski definition) is 4. The predicted molar refractivity (Wildman–Crippen MR) is 82.2 cm³/mol. The third-order valence-electron chi connectivity index (χ3n) is 3.49. The van der Waals surface area contributed by atoms with Gasteiger partial charge in [0, 0.05) is 13.3 Å². The summed E-state index contributed by atoms with van der Waals surface area (Å²) in [4.78, 5) is 13.5. The standard InChI is InChI=1S/C15H20F3NO4S/c1-11(12-4-6-13(7-5-12)24(3,21)22)19(2)14(20)8-9-23-10-15(16,17)18/h4-7,11H,8-10H2,1-3H3. The van der Waals surface area contributed by atoms with Gasteiger partial charge >= 0.3 is 6.18 Å². The fourth-order valence-electron chi connectivity index (χ4n) is 1.96. The fraction of sp³-hybridized carbons (Fsp3) is 0.533. The number of carbonyl (C=O) groups excluding carboxylic acids is 1. The Labute approximate surface area is 139 Å². The molecule has 0 saturated carbocycles. The molecule has 0 fully saturated rings. The maximum Gasteiger partial charge on any atom is 0.411 e. The first-order valence-electron chi connectivity index (χ1n) is 7.12. The quantitative estimate of drug-likeness (QED) is 0.695. The average molecular weight is 367 g/mol. The van der Waals surface area contributed by atoms with E-state index in [0.717, 1.165) is 11.8 Å². The third kappa shape index (κ3) is 6.48. The first kappa shape index (κ1) is 20.4. The first-order chi connectivity index (χ1) is 10.9. The highest BCUT2D eigenvalue weighted by atomic mass is 32.2. The van der Waals surface area contributed by atoms with Crippen molar-refractivity contribution in [2.24, 2.45) is 0 Å². The van der Waals surface area contributed by atoms with Crippen LogP contribution < -0.4 is 0 Å². The summed E-state index contributed by atoms with van der Waals surface area (Å²) in [5.41, 5.74) is 0.717. The van der Waals surface area contributed by atoms with Gasteiger partial charge < -0.3 is 9.64 Å². The molecule has 5 nitrogen and oxygen atoms in total. The molecule has 0 saturated heterocycles. The molecule has 136 valence electrons. The van der Waals surface area contributed by atoms with Gasteiger partial charge in [0.15, 0.2) is 9.84 Å². The summed E-state index contributed by atoms with van der Waals surface area (Å²) in [6, 6.07) is 5.75. The van der Waals surface area contributed by atoms with Crippen molar-refractivity contribution in [1.29, 1.82) is 0 Å². The lowest BCUT2D eigenvalue weighted by molar-refractivity contribution is -0.175. The molecule has 0 heterocycles. The van der Waals surface area contributed by atoms with Gasteiger partial charge in [0.05, 0.1) is 24.0 Å². The number of alkyl halides is 3. The van der Waals surface area contributed by atoms with Gasteiger partial charge in [-0.15, -0.1) is 0 Å². The molecule has 0 spiro atoms. The average Bonchev–Trinajstić information content (AvgIpc) is 2.48. The van der Waals surface area contributed by atoms with Gasteiger partial charge in [-0.25, -0.2) is 8.42 Å². The monoisotopic (exact) mass is 367 g/mol. The molecule has 0 aliphatic rings. The van der Waals surface area contributed by atoms with E-state index in [1.165, 1.54) is 24.1 Å². The maximum absolute atomic E-state index is 12.0. The smallest absolute Gasteiger partial charge is 0.372 e. The number of carbonyl (C=O) groups is 1. The Morgan fingerprint density at radius 1 is 1.25 bits per heavy atom. The van der Waals surface area contributed by atoms with Crippen molar-refractivity contribution >= 4 is 15.7 Å². The molecule has 1 aromatic carbocycles. The predicted octanol–water partition coefficient (Wildman–Crippen LogP) is 2.58. The summed E-state index contributed by atoms with van der Waals surface area (Å²) in [6.07, 6.45) is -3.48.